The second-order valence-electron chi connectivity index (χ2n) is 14.6. The molecular formula is C53H36N2. The lowest BCUT2D eigenvalue weighted by Crippen LogP contribution is -2.10. The molecular weight excluding hydrogens is 665 g/mol. The number of hydrogen-bond acceptors (Lipinski definition) is 1. The lowest BCUT2D eigenvalue weighted by molar-refractivity contribution is 1.18. The van der Waals surface area contributed by atoms with Crippen LogP contribution in [0.25, 0.3) is 71.6 Å². The first-order chi connectivity index (χ1) is 27.3. The van der Waals surface area contributed by atoms with Crippen LogP contribution in [0.2, 0.25) is 0 Å². The number of fused-ring (bicyclic) bond motifs is 7. The summed E-state index contributed by atoms with van der Waals surface area (Å²) in [5.74, 6) is 0. The van der Waals surface area contributed by atoms with Gasteiger partial charge in [0.15, 0.2) is 0 Å². The van der Waals surface area contributed by atoms with E-state index in [-0.39, 0.29) is 0 Å². The van der Waals surface area contributed by atoms with E-state index in [0.717, 1.165) is 23.5 Å². The van der Waals surface area contributed by atoms with Gasteiger partial charge >= 0.3 is 0 Å². The number of hydrogen-bond donors (Lipinski definition) is 0. The zero-order valence-electron chi connectivity index (χ0n) is 30.2. The van der Waals surface area contributed by atoms with Crippen LogP contribution in [0.4, 0.5) is 17.1 Å². The second kappa shape index (κ2) is 12.8. The molecule has 1 aliphatic carbocycles. The summed E-state index contributed by atoms with van der Waals surface area (Å²) < 4.78 is 2.37. The number of anilines is 3. The summed E-state index contributed by atoms with van der Waals surface area (Å²) in [5.41, 5.74) is 17.3. The van der Waals surface area contributed by atoms with E-state index in [0.29, 0.717) is 0 Å². The average molecular weight is 701 g/mol. The van der Waals surface area contributed by atoms with Crippen LogP contribution in [0.5, 0.6) is 0 Å². The Morgan fingerprint density at radius 1 is 0.345 bits per heavy atom. The zero-order valence-corrected chi connectivity index (χ0v) is 30.2. The Kier molecular flexibility index (Phi) is 7.28. The summed E-state index contributed by atoms with van der Waals surface area (Å²) in [6, 6.07) is 75.4. The molecule has 1 heterocycles. The first-order valence-electron chi connectivity index (χ1n) is 19.1. The molecule has 55 heavy (non-hydrogen) atoms. The fraction of sp³-hybridized carbons (Fsp3) is 0.0189. The van der Waals surface area contributed by atoms with Gasteiger partial charge in [0, 0.05) is 33.5 Å². The van der Waals surface area contributed by atoms with E-state index in [1.165, 1.54) is 82.8 Å². The van der Waals surface area contributed by atoms with Crippen LogP contribution in [0, 0.1) is 0 Å². The van der Waals surface area contributed by atoms with Crippen molar-refractivity contribution in [1.29, 1.82) is 0 Å². The summed E-state index contributed by atoms with van der Waals surface area (Å²) in [5, 5.41) is 5.04. The van der Waals surface area contributed by atoms with E-state index in [9.17, 15) is 0 Å². The largest absolute Gasteiger partial charge is 0.310 e. The average Bonchev–Trinajstić information content (AvgIpc) is 3.79. The summed E-state index contributed by atoms with van der Waals surface area (Å²) in [7, 11) is 0. The Hall–Kier alpha value is -7.16. The van der Waals surface area contributed by atoms with Gasteiger partial charge in [-0.25, -0.2) is 0 Å². The number of aromatic nitrogens is 1. The van der Waals surface area contributed by atoms with Crippen molar-refractivity contribution in [2.24, 2.45) is 0 Å². The highest BCUT2D eigenvalue weighted by Crippen LogP contribution is 2.43. The van der Waals surface area contributed by atoms with Crippen molar-refractivity contribution in [3.05, 3.63) is 217 Å². The van der Waals surface area contributed by atoms with E-state index >= 15 is 0 Å². The highest BCUT2D eigenvalue weighted by atomic mass is 15.1. The van der Waals surface area contributed by atoms with Crippen LogP contribution in [0.15, 0.2) is 206 Å². The molecule has 0 amide bonds. The molecule has 0 spiro atoms. The molecule has 0 atom stereocenters. The Balaban J connectivity index is 0.998. The molecule has 0 unspecified atom stereocenters. The van der Waals surface area contributed by atoms with E-state index in [2.05, 4.69) is 216 Å². The Labute approximate surface area is 320 Å². The predicted molar refractivity (Wildman–Crippen MR) is 232 cm³/mol. The van der Waals surface area contributed by atoms with Crippen molar-refractivity contribution < 1.29 is 0 Å². The lowest BCUT2D eigenvalue weighted by Gasteiger charge is -2.26. The maximum atomic E-state index is 2.40. The van der Waals surface area contributed by atoms with Crippen LogP contribution < -0.4 is 4.90 Å². The molecule has 9 aromatic carbocycles. The van der Waals surface area contributed by atoms with Gasteiger partial charge in [-0.1, -0.05) is 140 Å². The summed E-state index contributed by atoms with van der Waals surface area (Å²) in [6.45, 7) is 0. The van der Waals surface area contributed by atoms with Gasteiger partial charge < -0.3 is 9.47 Å². The van der Waals surface area contributed by atoms with Crippen molar-refractivity contribution in [3.8, 4) is 39.1 Å². The van der Waals surface area contributed by atoms with Gasteiger partial charge in [-0.2, -0.15) is 0 Å². The van der Waals surface area contributed by atoms with Crippen molar-refractivity contribution in [2.75, 3.05) is 4.90 Å². The van der Waals surface area contributed by atoms with Gasteiger partial charge in [0.05, 0.1) is 11.0 Å². The SMILES string of the molecule is c1ccc(-n2c3ccccc3c3cc(-c4ccc(N(c5ccc(-c6cccc7ccccc67)cc5)c5ccc6c(c5)Cc5ccccc5-6)cc4)ccc32)cc1. The third-order valence-electron chi connectivity index (χ3n) is 11.4. The molecule has 0 saturated carbocycles. The van der Waals surface area contributed by atoms with Crippen LogP contribution in [0.3, 0.4) is 0 Å². The molecule has 258 valence electrons. The van der Waals surface area contributed by atoms with Crippen molar-refractivity contribution in [3.63, 3.8) is 0 Å². The Morgan fingerprint density at radius 3 is 1.78 bits per heavy atom. The van der Waals surface area contributed by atoms with Crippen LogP contribution in [-0.4, -0.2) is 4.57 Å². The minimum absolute atomic E-state index is 0.954. The maximum Gasteiger partial charge on any atom is 0.0541 e. The number of para-hydroxylation sites is 2. The van der Waals surface area contributed by atoms with E-state index in [4.69, 9.17) is 0 Å². The Bertz CT molecular complexity index is 3040. The highest BCUT2D eigenvalue weighted by molar-refractivity contribution is 6.10. The fourth-order valence-corrected chi connectivity index (χ4v) is 8.80. The molecule has 0 bridgehead atoms. The van der Waals surface area contributed by atoms with Crippen LogP contribution in [-0.2, 0) is 6.42 Å². The van der Waals surface area contributed by atoms with Gasteiger partial charge in [-0.05, 0) is 128 Å². The minimum atomic E-state index is 0.954. The molecule has 10 aromatic rings. The molecule has 0 saturated heterocycles. The summed E-state index contributed by atoms with van der Waals surface area (Å²) >= 11 is 0. The van der Waals surface area contributed by atoms with Crippen molar-refractivity contribution in [1.82, 2.24) is 4.57 Å². The van der Waals surface area contributed by atoms with Crippen LogP contribution >= 0.6 is 0 Å². The van der Waals surface area contributed by atoms with E-state index < -0.39 is 0 Å². The van der Waals surface area contributed by atoms with Gasteiger partial charge in [-0.3, -0.25) is 0 Å². The second-order valence-corrected chi connectivity index (χ2v) is 14.6. The van der Waals surface area contributed by atoms with Crippen molar-refractivity contribution in [2.45, 2.75) is 6.42 Å². The maximum absolute atomic E-state index is 2.40. The molecule has 0 aliphatic heterocycles. The quantitative estimate of drug-likeness (QED) is 0.168. The third kappa shape index (κ3) is 5.26. The summed E-state index contributed by atoms with van der Waals surface area (Å²) in [4.78, 5) is 2.40. The monoisotopic (exact) mass is 700 g/mol. The number of benzene rings is 9. The topological polar surface area (TPSA) is 8.17 Å². The molecule has 1 aliphatic rings. The summed E-state index contributed by atoms with van der Waals surface area (Å²) in [6.07, 6.45) is 0.954. The van der Waals surface area contributed by atoms with Gasteiger partial charge in [0.2, 0.25) is 0 Å². The molecule has 2 nitrogen and oxygen atoms in total. The molecule has 0 fully saturated rings. The standard InChI is InChI=1S/C53H36N2/c1-2-14-42(15-3-1)55-52-20-9-8-18-50(52)51-35-39(25-32-53(51)55)36-21-26-43(27-22-36)54(45-30-31-49-41(34-45)33-40-12-5-7-17-48(40)49)44-28-23-38(24-29-44)47-19-10-13-37-11-4-6-16-46(37)47/h1-32,34-35H,33H2. The Morgan fingerprint density at radius 2 is 0.945 bits per heavy atom. The third-order valence-corrected chi connectivity index (χ3v) is 11.4. The zero-order chi connectivity index (χ0) is 36.3. The van der Waals surface area contributed by atoms with Crippen molar-refractivity contribution >= 4 is 49.6 Å². The normalized spacial score (nSPS) is 11.9. The van der Waals surface area contributed by atoms with Gasteiger partial charge in [0.1, 0.15) is 0 Å². The molecule has 11 rings (SSSR count). The molecule has 0 radical (unpaired) electrons. The minimum Gasteiger partial charge on any atom is -0.310 e. The first-order valence-corrected chi connectivity index (χ1v) is 19.1. The molecule has 2 heteroatoms. The smallest absolute Gasteiger partial charge is 0.0541 e. The molecule has 1 aromatic heterocycles. The molecule has 0 N–H and O–H groups in total. The number of rotatable bonds is 6. The van der Waals surface area contributed by atoms with Gasteiger partial charge in [-0.15, -0.1) is 0 Å². The van der Waals surface area contributed by atoms with Gasteiger partial charge in [0.25, 0.3) is 0 Å². The highest BCUT2D eigenvalue weighted by Gasteiger charge is 2.21. The number of nitrogens with zero attached hydrogens (tertiary/aromatic N) is 2. The first kappa shape index (κ1) is 31.4. The van der Waals surface area contributed by atoms with E-state index in [1.807, 2.05) is 0 Å². The van der Waals surface area contributed by atoms with Crippen LogP contribution in [0.1, 0.15) is 11.1 Å². The predicted octanol–water partition coefficient (Wildman–Crippen LogP) is 14.3. The fourth-order valence-electron chi connectivity index (χ4n) is 8.80. The lowest BCUT2D eigenvalue weighted by atomic mass is 9.98. The van der Waals surface area contributed by atoms with E-state index in [1.54, 1.807) is 0 Å².